The van der Waals surface area contributed by atoms with Gasteiger partial charge in [-0.1, -0.05) is 81.2 Å². The Labute approximate surface area is 337 Å². The molecule has 16 heteroatoms. The van der Waals surface area contributed by atoms with Gasteiger partial charge in [-0.3, -0.25) is 0 Å². The summed E-state index contributed by atoms with van der Waals surface area (Å²) in [7, 11) is 11.7. The Balaban J connectivity index is 1.49. The Bertz CT molecular complexity index is 2200. The first kappa shape index (κ1) is 39.3. The van der Waals surface area contributed by atoms with E-state index < -0.39 is 11.9 Å². The molecule has 0 bridgehead atoms. The van der Waals surface area contributed by atoms with E-state index in [-0.39, 0.29) is 0 Å². The van der Waals surface area contributed by atoms with Crippen molar-refractivity contribution in [1.82, 2.24) is 9.97 Å². The summed E-state index contributed by atoms with van der Waals surface area (Å²) in [5.41, 5.74) is 3.31. The van der Waals surface area contributed by atoms with E-state index in [2.05, 4.69) is 0 Å². The first-order valence-electron chi connectivity index (χ1n) is 15.7. The molecule has 0 saturated carbocycles. The molecule has 0 spiro atoms. The van der Waals surface area contributed by atoms with Crippen LogP contribution < -0.4 is 18.9 Å². The van der Waals surface area contributed by atoms with E-state index in [1.165, 1.54) is 58.5 Å². The molecule has 0 radical (unpaired) electrons. The summed E-state index contributed by atoms with van der Waals surface area (Å²) in [4.78, 5) is 38.0. The van der Waals surface area contributed by atoms with Crippen molar-refractivity contribution >= 4 is 79.4 Å². The second kappa shape index (κ2) is 17.4. The molecule has 0 aliphatic carbocycles. The van der Waals surface area contributed by atoms with Crippen LogP contribution in [0.1, 0.15) is 19.3 Å². The zero-order valence-electron chi connectivity index (χ0n) is 29.5. The van der Waals surface area contributed by atoms with Gasteiger partial charge in [0.2, 0.25) is 0 Å². The number of ether oxygens (including phenoxy) is 6. The molecule has 6 rings (SSSR count). The second-order valence-electron chi connectivity index (χ2n) is 10.9. The van der Waals surface area contributed by atoms with Gasteiger partial charge in [0.1, 0.15) is 19.8 Å². The fourth-order valence-electron chi connectivity index (χ4n) is 5.29. The number of carbonyl (C=O) groups excluding carboxylic acids is 2. The standard InChI is InChI=1S/C38H30Cl2N2O8S4/c1-45-25-15-21(35-41-31(33(51-35)37(43)49-5)19-11-7-9-13-23(19)39)29(17-27(25)47-3)53-54-30-18-28(48-4)26(46-2)16-22(30)36-42-32(34(52-36)38(44)50-6)20-12-8-10-14-24(20)40/h7-18H,1-6H3. The van der Waals surface area contributed by atoms with Crippen LogP contribution in [-0.4, -0.2) is 64.6 Å². The van der Waals surface area contributed by atoms with Crippen molar-refractivity contribution < 1.29 is 38.0 Å². The van der Waals surface area contributed by atoms with E-state index in [0.717, 1.165) is 9.79 Å². The lowest BCUT2D eigenvalue weighted by Gasteiger charge is -2.15. The molecular formula is C38H30Cl2N2O8S4. The van der Waals surface area contributed by atoms with Gasteiger partial charge < -0.3 is 28.4 Å². The summed E-state index contributed by atoms with van der Waals surface area (Å²) in [5.74, 6) is 0.818. The summed E-state index contributed by atoms with van der Waals surface area (Å²) in [5, 5.41) is 1.92. The number of esters is 2. The van der Waals surface area contributed by atoms with Crippen LogP contribution in [0.5, 0.6) is 23.0 Å². The number of hydrogen-bond donors (Lipinski definition) is 0. The third kappa shape index (κ3) is 7.86. The number of nitrogens with zero attached hydrogens (tertiary/aromatic N) is 2. The molecule has 0 unspecified atom stereocenters. The van der Waals surface area contributed by atoms with Gasteiger partial charge in [-0.15, -0.1) is 22.7 Å². The number of methoxy groups -OCH3 is 6. The summed E-state index contributed by atoms with van der Waals surface area (Å²) in [6.07, 6.45) is 0. The molecule has 0 saturated heterocycles. The second-order valence-corrected chi connectivity index (χ2v) is 15.9. The van der Waals surface area contributed by atoms with Crippen molar-refractivity contribution in [3.8, 4) is 66.7 Å². The lowest BCUT2D eigenvalue weighted by atomic mass is 10.1. The van der Waals surface area contributed by atoms with Crippen LogP contribution in [0.25, 0.3) is 43.7 Å². The van der Waals surface area contributed by atoms with Gasteiger partial charge in [-0.2, -0.15) is 0 Å². The van der Waals surface area contributed by atoms with Gasteiger partial charge >= 0.3 is 11.9 Å². The average molecular weight is 842 g/mol. The number of hydrogen-bond acceptors (Lipinski definition) is 14. The molecule has 4 aromatic carbocycles. The lowest BCUT2D eigenvalue weighted by Crippen LogP contribution is -2.00. The maximum Gasteiger partial charge on any atom is 0.350 e. The van der Waals surface area contributed by atoms with Gasteiger partial charge in [0, 0.05) is 32.0 Å². The van der Waals surface area contributed by atoms with Gasteiger partial charge in [0.15, 0.2) is 23.0 Å². The van der Waals surface area contributed by atoms with Crippen molar-refractivity contribution in [2.24, 2.45) is 0 Å². The van der Waals surface area contributed by atoms with Gasteiger partial charge in [0.25, 0.3) is 0 Å². The van der Waals surface area contributed by atoms with Crippen LogP contribution >= 0.6 is 67.5 Å². The Hall–Kier alpha value is -4.44. The van der Waals surface area contributed by atoms with E-state index in [1.54, 1.807) is 64.8 Å². The molecule has 6 aromatic rings. The minimum absolute atomic E-state index is 0.292. The first-order chi connectivity index (χ1) is 26.1. The number of benzene rings is 4. The highest BCUT2D eigenvalue weighted by Gasteiger charge is 2.27. The van der Waals surface area contributed by atoms with Crippen molar-refractivity contribution in [3.05, 3.63) is 92.6 Å². The molecule has 0 atom stereocenters. The highest BCUT2D eigenvalue weighted by molar-refractivity contribution is 8.76. The quantitative estimate of drug-likeness (QED) is 0.0814. The van der Waals surface area contributed by atoms with E-state index in [4.69, 9.17) is 61.6 Å². The topological polar surface area (TPSA) is 115 Å². The first-order valence-corrected chi connectivity index (χ1v) is 20.2. The molecular weight excluding hydrogens is 812 g/mol. The van der Waals surface area contributed by atoms with Gasteiger partial charge in [0.05, 0.1) is 64.1 Å². The Kier molecular flexibility index (Phi) is 12.6. The number of aromatic nitrogens is 2. The Morgan fingerprint density at radius 3 is 1.22 bits per heavy atom. The highest BCUT2D eigenvalue weighted by atomic mass is 35.5. The largest absolute Gasteiger partial charge is 0.493 e. The predicted molar refractivity (Wildman–Crippen MR) is 217 cm³/mol. The summed E-state index contributed by atoms with van der Waals surface area (Å²) < 4.78 is 33.0. The average Bonchev–Trinajstić information content (AvgIpc) is 3.85. The van der Waals surface area contributed by atoms with Crippen molar-refractivity contribution in [2.75, 3.05) is 42.7 Å². The zero-order chi connectivity index (χ0) is 38.5. The van der Waals surface area contributed by atoms with E-state index in [0.29, 0.717) is 86.5 Å². The number of halogens is 2. The fourth-order valence-corrected chi connectivity index (χ4v) is 10.3. The Morgan fingerprint density at radius 1 is 0.537 bits per heavy atom. The minimum atomic E-state index is -0.543. The SMILES string of the molecule is COC(=O)c1sc(-c2cc(OC)c(OC)cc2SSc2cc(OC)c(OC)cc2-c2nc(-c3ccccc3Cl)c(C(=O)OC)s2)nc1-c1ccccc1Cl. The normalized spacial score (nSPS) is 10.9. The van der Waals surface area contributed by atoms with Crippen molar-refractivity contribution in [1.29, 1.82) is 0 Å². The maximum atomic E-state index is 13.1. The van der Waals surface area contributed by atoms with E-state index in [1.807, 2.05) is 36.4 Å². The molecule has 0 N–H and O–H groups in total. The summed E-state index contributed by atoms with van der Waals surface area (Å²) in [6.45, 7) is 0. The molecule has 54 heavy (non-hydrogen) atoms. The summed E-state index contributed by atoms with van der Waals surface area (Å²) in [6, 6.07) is 21.6. The van der Waals surface area contributed by atoms with Gasteiger partial charge in [-0.05, 0) is 36.4 Å². The van der Waals surface area contributed by atoms with Crippen LogP contribution in [0.15, 0.2) is 82.6 Å². The van der Waals surface area contributed by atoms with Crippen LogP contribution in [0.2, 0.25) is 10.0 Å². The van der Waals surface area contributed by atoms with Crippen molar-refractivity contribution in [2.45, 2.75) is 9.79 Å². The monoisotopic (exact) mass is 840 g/mol. The van der Waals surface area contributed by atoms with Crippen LogP contribution in [0.4, 0.5) is 0 Å². The van der Waals surface area contributed by atoms with E-state index in [9.17, 15) is 9.59 Å². The predicted octanol–water partition coefficient (Wildman–Crippen LogP) is 11.0. The molecule has 0 amide bonds. The Morgan fingerprint density at radius 2 is 0.889 bits per heavy atom. The zero-order valence-corrected chi connectivity index (χ0v) is 34.3. The third-order valence-electron chi connectivity index (χ3n) is 7.91. The number of rotatable bonds is 13. The van der Waals surface area contributed by atoms with Crippen molar-refractivity contribution in [3.63, 3.8) is 0 Å². The minimum Gasteiger partial charge on any atom is -0.493 e. The highest BCUT2D eigenvalue weighted by Crippen LogP contribution is 2.52. The molecule has 278 valence electrons. The summed E-state index contributed by atoms with van der Waals surface area (Å²) >= 11 is 15.5. The molecule has 10 nitrogen and oxygen atoms in total. The van der Waals surface area contributed by atoms with E-state index >= 15 is 0 Å². The fraction of sp³-hybridized carbons (Fsp3) is 0.158. The lowest BCUT2D eigenvalue weighted by molar-refractivity contribution is 0.0598. The smallest absolute Gasteiger partial charge is 0.350 e. The molecule has 0 aliphatic heterocycles. The number of carbonyl (C=O) groups is 2. The maximum absolute atomic E-state index is 13.1. The molecule has 2 aromatic heterocycles. The van der Waals surface area contributed by atoms with Crippen LogP contribution in [0.3, 0.4) is 0 Å². The van der Waals surface area contributed by atoms with Crippen LogP contribution in [0, 0.1) is 0 Å². The third-order valence-corrected chi connectivity index (χ3v) is 13.1. The molecule has 0 aliphatic rings. The molecule has 0 fully saturated rings. The van der Waals surface area contributed by atoms with Gasteiger partial charge in [-0.25, -0.2) is 19.6 Å². The molecule has 2 heterocycles. The van der Waals surface area contributed by atoms with Crippen LogP contribution in [-0.2, 0) is 9.47 Å². The number of thiazole rings is 2.